The Morgan fingerprint density at radius 1 is 1.54 bits per heavy atom. The van der Waals surface area contributed by atoms with Crippen LogP contribution in [0.25, 0.3) is 0 Å². The van der Waals surface area contributed by atoms with Crippen LogP contribution in [0, 0.1) is 0 Å². The van der Waals surface area contributed by atoms with Crippen molar-refractivity contribution < 1.29 is 4.52 Å². The first kappa shape index (κ1) is 7.66. The summed E-state index contributed by atoms with van der Waals surface area (Å²) >= 11 is 0. The van der Waals surface area contributed by atoms with E-state index in [1.165, 1.54) is 6.33 Å². The van der Waals surface area contributed by atoms with Crippen molar-refractivity contribution in [3.8, 4) is 0 Å². The van der Waals surface area contributed by atoms with E-state index in [1.54, 1.807) is 12.3 Å². The van der Waals surface area contributed by atoms with Crippen LogP contribution in [0.4, 0.5) is 0 Å². The lowest BCUT2D eigenvalue weighted by Gasteiger charge is -1.92. The van der Waals surface area contributed by atoms with Gasteiger partial charge in [-0.25, -0.2) is 14.8 Å². The normalized spacial score (nSPS) is 10.2. The van der Waals surface area contributed by atoms with E-state index in [9.17, 15) is 4.79 Å². The van der Waals surface area contributed by atoms with E-state index in [-0.39, 0.29) is 0 Å². The van der Waals surface area contributed by atoms with E-state index in [2.05, 4.69) is 24.6 Å². The van der Waals surface area contributed by atoms with Gasteiger partial charge in [0.05, 0.1) is 12.1 Å². The number of aromatic amines is 1. The van der Waals surface area contributed by atoms with Crippen molar-refractivity contribution >= 4 is 0 Å². The van der Waals surface area contributed by atoms with Crippen LogP contribution in [0.5, 0.6) is 0 Å². The fourth-order valence-corrected chi connectivity index (χ4v) is 0.931. The molecule has 1 N–H and O–H groups in total. The zero-order valence-electron chi connectivity index (χ0n) is 6.60. The maximum Gasteiger partial charge on any atom is 0.438 e. The highest BCUT2D eigenvalue weighted by Crippen LogP contribution is 1.97. The van der Waals surface area contributed by atoms with Gasteiger partial charge >= 0.3 is 5.76 Å². The Kier molecular flexibility index (Phi) is 1.87. The topological polar surface area (TPSA) is 84.7 Å². The quantitative estimate of drug-likeness (QED) is 0.685. The van der Waals surface area contributed by atoms with Gasteiger partial charge in [-0.1, -0.05) is 5.16 Å². The van der Waals surface area contributed by atoms with Crippen LogP contribution in [0.15, 0.2) is 27.9 Å². The zero-order chi connectivity index (χ0) is 9.10. The lowest BCUT2D eigenvalue weighted by atomic mass is 10.3. The maximum atomic E-state index is 10.6. The zero-order valence-corrected chi connectivity index (χ0v) is 6.60. The molecular weight excluding hydrogens is 172 g/mol. The van der Waals surface area contributed by atoms with Crippen molar-refractivity contribution in [2.75, 3.05) is 0 Å². The van der Waals surface area contributed by atoms with Crippen molar-refractivity contribution in [1.29, 1.82) is 0 Å². The Morgan fingerprint density at radius 2 is 2.46 bits per heavy atom. The molecule has 0 unspecified atom stereocenters. The summed E-state index contributed by atoms with van der Waals surface area (Å²) in [5.41, 5.74) is 0.777. The van der Waals surface area contributed by atoms with E-state index < -0.39 is 5.76 Å². The van der Waals surface area contributed by atoms with Crippen molar-refractivity contribution in [3.63, 3.8) is 0 Å². The number of nitrogens with zero attached hydrogens (tertiary/aromatic N) is 3. The molecule has 2 heterocycles. The molecule has 0 saturated heterocycles. The highest BCUT2D eigenvalue weighted by atomic mass is 16.5. The van der Waals surface area contributed by atoms with E-state index in [0.29, 0.717) is 12.2 Å². The fourth-order valence-electron chi connectivity index (χ4n) is 0.931. The largest absolute Gasteiger partial charge is 0.438 e. The monoisotopic (exact) mass is 178 g/mol. The van der Waals surface area contributed by atoms with Crippen molar-refractivity contribution in [2.24, 2.45) is 0 Å². The van der Waals surface area contributed by atoms with Crippen molar-refractivity contribution in [1.82, 2.24) is 20.1 Å². The Hall–Kier alpha value is -1.98. The molecule has 0 radical (unpaired) electrons. The first-order valence-electron chi connectivity index (χ1n) is 3.64. The molecule has 6 nitrogen and oxygen atoms in total. The third-order valence-corrected chi connectivity index (χ3v) is 1.48. The van der Waals surface area contributed by atoms with Crippen LogP contribution in [0.2, 0.25) is 0 Å². The van der Waals surface area contributed by atoms with E-state index in [1.807, 2.05) is 0 Å². The van der Waals surface area contributed by atoms with Crippen molar-refractivity contribution in [3.05, 3.63) is 40.7 Å². The molecule has 2 aromatic rings. The van der Waals surface area contributed by atoms with Gasteiger partial charge in [-0.15, -0.1) is 0 Å². The minimum absolute atomic E-state index is 0.439. The Bertz CT molecular complexity index is 433. The molecule has 2 rings (SSSR count). The second-order valence-electron chi connectivity index (χ2n) is 2.42. The maximum absolute atomic E-state index is 10.6. The molecule has 66 valence electrons. The second kappa shape index (κ2) is 3.18. The second-order valence-corrected chi connectivity index (χ2v) is 2.42. The first-order chi connectivity index (χ1) is 6.34. The molecule has 0 aliphatic carbocycles. The van der Waals surface area contributed by atoms with Gasteiger partial charge in [0.1, 0.15) is 6.33 Å². The Morgan fingerprint density at radius 3 is 3.08 bits per heavy atom. The molecule has 13 heavy (non-hydrogen) atoms. The van der Waals surface area contributed by atoms with Gasteiger partial charge in [0.15, 0.2) is 5.82 Å². The van der Waals surface area contributed by atoms with Crippen LogP contribution >= 0.6 is 0 Å². The van der Waals surface area contributed by atoms with E-state index >= 15 is 0 Å². The fraction of sp³-hybridized carbons (Fsp3) is 0.143. The van der Waals surface area contributed by atoms with Gasteiger partial charge < -0.3 is 0 Å². The van der Waals surface area contributed by atoms with Crippen molar-refractivity contribution in [2.45, 2.75) is 6.42 Å². The Balaban J connectivity index is 2.20. The van der Waals surface area contributed by atoms with Gasteiger partial charge in [0.2, 0.25) is 0 Å². The Labute approximate surface area is 72.6 Å². The average Bonchev–Trinajstić information content (AvgIpc) is 2.53. The molecule has 2 aromatic heterocycles. The molecule has 6 heteroatoms. The summed E-state index contributed by atoms with van der Waals surface area (Å²) in [6.07, 6.45) is 3.50. The summed E-state index contributed by atoms with van der Waals surface area (Å²) < 4.78 is 4.33. The summed E-state index contributed by atoms with van der Waals surface area (Å²) in [5.74, 6) is -0.0900. The van der Waals surface area contributed by atoms with E-state index in [4.69, 9.17) is 0 Å². The summed E-state index contributed by atoms with van der Waals surface area (Å²) in [6.45, 7) is 0. The smallest absolute Gasteiger partial charge is 0.296 e. The van der Waals surface area contributed by atoms with Crippen LogP contribution in [0.3, 0.4) is 0 Å². The lowest BCUT2D eigenvalue weighted by Crippen LogP contribution is -1.99. The third kappa shape index (κ3) is 1.78. The summed E-state index contributed by atoms with van der Waals surface area (Å²) in [6, 6.07) is 1.74. The summed E-state index contributed by atoms with van der Waals surface area (Å²) in [7, 11) is 0. The lowest BCUT2D eigenvalue weighted by molar-refractivity contribution is 0.382. The predicted octanol–water partition coefficient (Wildman–Crippen LogP) is -0.256. The molecule has 0 atom stereocenters. The number of hydrogen-bond donors (Lipinski definition) is 1. The highest BCUT2D eigenvalue weighted by molar-refractivity contribution is 5.04. The number of hydrogen-bond acceptors (Lipinski definition) is 5. The number of H-pyrrole nitrogens is 1. The van der Waals surface area contributed by atoms with Crippen LogP contribution in [0.1, 0.15) is 11.5 Å². The van der Waals surface area contributed by atoms with Gasteiger partial charge in [-0.2, -0.15) is 0 Å². The molecule has 0 aliphatic rings. The minimum atomic E-state index is -0.552. The van der Waals surface area contributed by atoms with Gasteiger partial charge in [-0.3, -0.25) is 9.51 Å². The predicted molar refractivity (Wildman–Crippen MR) is 42.0 cm³/mol. The molecule has 0 aromatic carbocycles. The number of nitrogens with one attached hydrogen (secondary N) is 1. The molecule has 0 amide bonds. The number of aromatic nitrogens is 4. The van der Waals surface area contributed by atoms with E-state index in [0.717, 1.165) is 5.69 Å². The van der Waals surface area contributed by atoms with Gasteiger partial charge in [0.25, 0.3) is 0 Å². The molecule has 0 saturated carbocycles. The molecule has 0 fully saturated rings. The molecule has 0 bridgehead atoms. The first-order valence-corrected chi connectivity index (χ1v) is 3.64. The van der Waals surface area contributed by atoms with Crippen LogP contribution in [-0.4, -0.2) is 20.1 Å². The average molecular weight is 178 g/mol. The molecule has 0 spiro atoms. The van der Waals surface area contributed by atoms with Crippen LogP contribution < -0.4 is 5.76 Å². The van der Waals surface area contributed by atoms with Gasteiger partial charge in [0, 0.05) is 6.20 Å². The van der Waals surface area contributed by atoms with Gasteiger partial charge in [-0.05, 0) is 6.07 Å². The standard InChI is InChI=1S/C7H6N4O2/c12-7-10-6(11-13-7)3-5-1-2-8-4-9-5/h1-2,4H,3H2,(H,10,11,12). The SMILES string of the molecule is O=c1[nH]c(Cc2ccncn2)no1. The summed E-state index contributed by atoms with van der Waals surface area (Å²) in [5, 5.41) is 3.51. The highest BCUT2D eigenvalue weighted by Gasteiger charge is 2.01. The third-order valence-electron chi connectivity index (χ3n) is 1.48. The molecule has 0 aliphatic heterocycles. The summed E-state index contributed by atoms with van der Waals surface area (Å²) in [4.78, 5) is 20.7. The minimum Gasteiger partial charge on any atom is -0.296 e. The molecular formula is C7H6N4O2. The van der Waals surface area contributed by atoms with Crippen LogP contribution in [-0.2, 0) is 6.42 Å². The number of rotatable bonds is 2.